The molecule has 0 aromatic heterocycles. The zero-order valence-corrected chi connectivity index (χ0v) is 10.4. The van der Waals surface area contributed by atoms with Gasteiger partial charge in [-0.1, -0.05) is 49.8 Å². The molecule has 0 saturated carbocycles. The molecule has 2 rings (SSSR count). The Bertz CT molecular complexity index is 345. The third-order valence-corrected chi connectivity index (χ3v) is 2.31. The van der Waals surface area contributed by atoms with E-state index in [9.17, 15) is 6.18 Å². The molecular weight excluding hydrogens is 230 g/mol. The van der Waals surface area contributed by atoms with Gasteiger partial charge in [0.2, 0.25) is 0 Å². The van der Waals surface area contributed by atoms with Gasteiger partial charge in [-0.05, 0) is 17.0 Å². The summed E-state index contributed by atoms with van der Waals surface area (Å²) >= 11 is -2.50. The maximum absolute atomic E-state index is 9.75. The van der Waals surface area contributed by atoms with Gasteiger partial charge in [0.05, 0.1) is 0 Å². The average molecular weight is 243 g/mol. The second-order valence-electron chi connectivity index (χ2n) is 3.64. The van der Waals surface area contributed by atoms with Crippen LogP contribution in [0.1, 0.15) is 25.0 Å². The Labute approximate surface area is 99.7 Å². The molecule has 0 amide bonds. The van der Waals surface area contributed by atoms with Crippen LogP contribution in [-0.4, -0.2) is 0 Å². The van der Waals surface area contributed by atoms with Crippen molar-refractivity contribution < 1.29 is 26.4 Å². The van der Waals surface area contributed by atoms with Crippen LogP contribution in [0.2, 0.25) is 0 Å². The van der Waals surface area contributed by atoms with Crippen molar-refractivity contribution in [1.82, 2.24) is 0 Å². The summed E-state index contributed by atoms with van der Waals surface area (Å²) in [6, 6.07) is 8.52. The molecule has 0 heterocycles. The van der Waals surface area contributed by atoms with Crippen LogP contribution in [-0.2, 0) is 20.2 Å². The number of rotatable bonds is 1. The van der Waals surface area contributed by atoms with Crippen molar-refractivity contribution in [3.05, 3.63) is 47.4 Å². The van der Waals surface area contributed by atoms with Crippen molar-refractivity contribution in [3.63, 3.8) is 0 Å². The second-order valence-corrected chi connectivity index (χ2v) is 3.87. The van der Waals surface area contributed by atoms with Crippen molar-refractivity contribution in [2.24, 2.45) is 5.92 Å². The molecule has 1 radical (unpaired) electrons. The zero-order valence-electron chi connectivity index (χ0n) is 8.80. The Morgan fingerprint density at radius 3 is 2.07 bits per heavy atom. The van der Waals surface area contributed by atoms with Crippen LogP contribution in [0, 0.1) is 12.3 Å². The molecule has 0 fully saturated rings. The number of benzene rings is 1. The normalized spacial score (nSPS) is 12.7. The molecule has 0 atom stereocenters. The molecule has 1 aliphatic carbocycles. The molecular formula is C12H13F2Ti. The van der Waals surface area contributed by atoms with Crippen molar-refractivity contribution >= 4 is 6.08 Å². The molecule has 0 saturated heterocycles. The topological polar surface area (TPSA) is 0 Å². The van der Waals surface area contributed by atoms with Crippen molar-refractivity contribution in [2.45, 2.75) is 13.8 Å². The van der Waals surface area contributed by atoms with E-state index in [2.05, 4.69) is 50.6 Å². The van der Waals surface area contributed by atoms with E-state index in [1.165, 1.54) is 16.7 Å². The van der Waals surface area contributed by atoms with Gasteiger partial charge in [-0.3, -0.25) is 0 Å². The van der Waals surface area contributed by atoms with E-state index < -0.39 is 20.2 Å². The Morgan fingerprint density at radius 2 is 1.60 bits per heavy atom. The number of allylic oxidation sites excluding steroid dienone is 1. The van der Waals surface area contributed by atoms with Crippen molar-refractivity contribution in [1.29, 1.82) is 0 Å². The van der Waals surface area contributed by atoms with Gasteiger partial charge in [0, 0.05) is 6.42 Å². The van der Waals surface area contributed by atoms with Crippen LogP contribution in [0.15, 0.2) is 29.8 Å². The molecule has 15 heavy (non-hydrogen) atoms. The van der Waals surface area contributed by atoms with Gasteiger partial charge in [-0.25, -0.2) is 0 Å². The monoisotopic (exact) mass is 243 g/mol. The molecule has 1 aromatic carbocycles. The second kappa shape index (κ2) is 6.19. The fourth-order valence-electron chi connectivity index (χ4n) is 1.51. The van der Waals surface area contributed by atoms with Crippen molar-refractivity contribution in [3.8, 4) is 0 Å². The van der Waals surface area contributed by atoms with Gasteiger partial charge < -0.3 is 0 Å². The van der Waals surface area contributed by atoms with E-state index >= 15 is 0 Å². The first-order chi connectivity index (χ1) is 7.19. The first-order valence-electron chi connectivity index (χ1n) is 4.80. The van der Waals surface area contributed by atoms with Gasteiger partial charge in [-0.2, -0.15) is 0 Å². The summed E-state index contributed by atoms with van der Waals surface area (Å²) in [5.74, 6) is 0.636. The Hall–Kier alpha value is -0.466. The minimum absolute atomic E-state index is 0.636. The van der Waals surface area contributed by atoms with E-state index in [-0.39, 0.29) is 0 Å². The molecule has 0 bridgehead atoms. The number of hydrogen-bond acceptors (Lipinski definition) is 0. The molecule has 0 nitrogen and oxygen atoms in total. The van der Waals surface area contributed by atoms with E-state index in [1.54, 1.807) is 0 Å². The van der Waals surface area contributed by atoms with E-state index in [4.69, 9.17) is 0 Å². The molecule has 1 aliphatic rings. The van der Waals surface area contributed by atoms with Crippen LogP contribution in [0.3, 0.4) is 0 Å². The summed E-state index contributed by atoms with van der Waals surface area (Å²) in [6.45, 7) is 4.46. The van der Waals surface area contributed by atoms with Gasteiger partial charge in [-0.15, -0.1) is 0 Å². The minimum atomic E-state index is -2.50. The molecule has 0 aliphatic heterocycles. The molecule has 0 unspecified atom stereocenters. The van der Waals surface area contributed by atoms with E-state index in [1.807, 2.05) is 0 Å². The molecule has 3 heteroatoms. The summed E-state index contributed by atoms with van der Waals surface area (Å²) in [6.07, 6.45) is 4.56. The van der Waals surface area contributed by atoms with Gasteiger partial charge in [0.15, 0.2) is 0 Å². The summed E-state index contributed by atoms with van der Waals surface area (Å²) < 4.78 is 19.5. The van der Waals surface area contributed by atoms with Crippen LogP contribution < -0.4 is 0 Å². The Kier molecular flexibility index (Phi) is 5.20. The maximum atomic E-state index is 9.75. The molecule has 0 N–H and O–H groups in total. The summed E-state index contributed by atoms with van der Waals surface area (Å²) in [5, 5.41) is 0. The Morgan fingerprint density at radius 1 is 1.07 bits per heavy atom. The third-order valence-electron chi connectivity index (χ3n) is 2.31. The van der Waals surface area contributed by atoms with Crippen LogP contribution in [0.4, 0.5) is 6.18 Å². The van der Waals surface area contributed by atoms with Crippen LogP contribution in [0.25, 0.3) is 6.08 Å². The molecule has 0 spiro atoms. The summed E-state index contributed by atoms with van der Waals surface area (Å²) in [4.78, 5) is 0. The predicted molar refractivity (Wildman–Crippen MR) is 54.9 cm³/mol. The van der Waals surface area contributed by atoms with E-state index in [0.29, 0.717) is 5.92 Å². The first kappa shape index (κ1) is 12.6. The molecule has 79 valence electrons. The van der Waals surface area contributed by atoms with Crippen LogP contribution >= 0.6 is 0 Å². The van der Waals surface area contributed by atoms with Gasteiger partial charge in [0.25, 0.3) is 0 Å². The average Bonchev–Trinajstić information content (AvgIpc) is 2.62. The quantitative estimate of drug-likeness (QED) is 0.650. The standard InChI is InChI=1S/C12H13.2FH.Ti/c1-9(2)12-7-10-5-3-4-6-11(10)8-12;;;/h3-9H,1-2H3;2*1H;/q;;;+2/p-2. The van der Waals surface area contributed by atoms with Gasteiger partial charge >= 0.3 is 26.4 Å². The fraction of sp³-hybridized carbons (Fsp3) is 0.250. The van der Waals surface area contributed by atoms with E-state index in [0.717, 1.165) is 0 Å². The van der Waals surface area contributed by atoms with Crippen molar-refractivity contribution in [2.75, 3.05) is 0 Å². The van der Waals surface area contributed by atoms with Crippen LogP contribution in [0.5, 0.6) is 0 Å². The molecule has 1 aromatic rings. The number of fused-ring (bicyclic) bond motifs is 1. The zero-order chi connectivity index (χ0) is 11.3. The third kappa shape index (κ3) is 3.55. The summed E-state index contributed by atoms with van der Waals surface area (Å²) in [7, 11) is 0. The first-order valence-corrected chi connectivity index (χ1v) is 5.98. The van der Waals surface area contributed by atoms with Gasteiger partial charge in [0.1, 0.15) is 0 Å². The Balaban J connectivity index is 0.000000337. The fourth-order valence-corrected chi connectivity index (χ4v) is 1.51. The summed E-state index contributed by atoms with van der Waals surface area (Å²) in [5.41, 5.74) is 4.17. The number of halogens is 2. The number of hydrogen-bond donors (Lipinski definition) is 0. The predicted octanol–water partition coefficient (Wildman–Crippen LogP) is 4.13. The SMILES string of the molecule is CC(C)C1=Cc2ccccc2[CH]1.[F][Ti][F].